The van der Waals surface area contributed by atoms with Crippen molar-refractivity contribution in [3.05, 3.63) is 47.4 Å². The van der Waals surface area contributed by atoms with E-state index >= 15 is 0 Å². The molecule has 1 aromatic heterocycles. The second-order valence-electron chi connectivity index (χ2n) is 9.92. The quantitative estimate of drug-likeness (QED) is 0.491. The van der Waals surface area contributed by atoms with E-state index in [0.29, 0.717) is 55.6 Å². The van der Waals surface area contributed by atoms with Crippen LogP contribution in [0.4, 0.5) is 14.6 Å². The Hall–Kier alpha value is -2.85. The number of carbonyl (C=O) groups excluding carboxylic acids is 2. The van der Waals surface area contributed by atoms with E-state index in [1.807, 2.05) is 17.7 Å². The number of hydrogen-bond acceptors (Lipinski definition) is 5. The molecule has 2 aromatic rings. The van der Waals surface area contributed by atoms with Crippen LogP contribution in [0.5, 0.6) is 0 Å². The zero-order valence-corrected chi connectivity index (χ0v) is 21.0. The summed E-state index contributed by atoms with van der Waals surface area (Å²) in [4.78, 5) is 31.3. The number of hydrogen-bond donors (Lipinski definition) is 3. The average molecular weight is 503 g/mol. The van der Waals surface area contributed by atoms with Crippen molar-refractivity contribution in [1.82, 2.24) is 25.1 Å². The molecule has 0 spiro atoms. The predicted octanol–water partition coefficient (Wildman–Crippen LogP) is 2.80. The molecule has 8 nitrogen and oxygen atoms in total. The average Bonchev–Trinajstić information content (AvgIpc) is 3.21. The molecule has 3 N–H and O–H groups in total. The first-order chi connectivity index (χ1) is 17.3. The van der Waals surface area contributed by atoms with Gasteiger partial charge in [0, 0.05) is 56.9 Å². The Bertz CT molecular complexity index is 1070. The summed E-state index contributed by atoms with van der Waals surface area (Å²) < 4.78 is 29.8. The van der Waals surface area contributed by atoms with Crippen LogP contribution in [0.1, 0.15) is 56.7 Å². The number of aryl methyl sites for hydroxylation is 1. The minimum absolute atomic E-state index is 0.0627. The van der Waals surface area contributed by atoms with Crippen LogP contribution in [0.25, 0.3) is 0 Å². The molecule has 2 aliphatic rings. The Morgan fingerprint density at radius 1 is 1.28 bits per heavy atom. The third kappa shape index (κ3) is 6.67. The van der Waals surface area contributed by atoms with Gasteiger partial charge in [0.25, 0.3) is 0 Å². The number of aromatic nitrogens is 2. The van der Waals surface area contributed by atoms with E-state index in [2.05, 4.69) is 32.8 Å². The van der Waals surface area contributed by atoms with Gasteiger partial charge in [-0.1, -0.05) is 13.3 Å². The van der Waals surface area contributed by atoms with E-state index in [1.54, 1.807) is 6.33 Å². The number of halogens is 2. The Morgan fingerprint density at radius 3 is 2.92 bits per heavy atom. The molecule has 2 heterocycles. The molecule has 0 radical (unpaired) electrons. The minimum Gasteiger partial charge on any atom is -0.355 e. The highest BCUT2D eigenvalue weighted by Crippen LogP contribution is 2.26. The molecule has 36 heavy (non-hydrogen) atoms. The SMILES string of the molecule is CCC[C@H](NC1CCc2cc(F)cc(F)c2C1)C(=O)Nc1cn([C@@H](C)CN2CCNC(=O)CC2)cn1. The maximum absolute atomic E-state index is 14.3. The van der Waals surface area contributed by atoms with Gasteiger partial charge in [-0.15, -0.1) is 0 Å². The lowest BCUT2D eigenvalue weighted by Crippen LogP contribution is -2.48. The van der Waals surface area contributed by atoms with Gasteiger partial charge >= 0.3 is 0 Å². The molecular weight excluding hydrogens is 466 g/mol. The number of nitrogens with one attached hydrogen (secondary N) is 3. The number of anilines is 1. The molecule has 3 atom stereocenters. The first kappa shape index (κ1) is 26.2. The lowest BCUT2D eigenvalue weighted by molar-refractivity contribution is -0.120. The summed E-state index contributed by atoms with van der Waals surface area (Å²) in [6, 6.07) is 1.97. The fourth-order valence-electron chi connectivity index (χ4n) is 5.11. The largest absolute Gasteiger partial charge is 0.355 e. The standard InChI is InChI=1S/C26H36F2N6O2/c1-3-4-23(31-20-6-5-18-11-19(27)12-22(28)21(18)13-20)26(36)32-24-15-34(16-30-24)17(2)14-33-9-7-25(35)29-8-10-33/h11-12,15-17,20,23,31H,3-10,13-14H2,1-2H3,(H,29,35)(H,32,36)/t17-,20?,23-/m0/s1. The summed E-state index contributed by atoms with van der Waals surface area (Å²) in [5.41, 5.74) is 1.25. The van der Waals surface area contributed by atoms with Crippen molar-refractivity contribution < 1.29 is 18.4 Å². The van der Waals surface area contributed by atoms with E-state index < -0.39 is 17.7 Å². The smallest absolute Gasteiger partial charge is 0.242 e. The molecule has 196 valence electrons. The second-order valence-corrected chi connectivity index (χ2v) is 9.92. The van der Waals surface area contributed by atoms with Crippen LogP contribution >= 0.6 is 0 Å². The summed E-state index contributed by atoms with van der Waals surface area (Å²) in [5, 5.41) is 9.22. The third-order valence-corrected chi connectivity index (χ3v) is 7.09. The van der Waals surface area contributed by atoms with Gasteiger partial charge in [0.05, 0.1) is 12.4 Å². The van der Waals surface area contributed by atoms with Crippen molar-refractivity contribution in [2.45, 2.75) is 70.5 Å². The van der Waals surface area contributed by atoms with Crippen LogP contribution in [0.2, 0.25) is 0 Å². The van der Waals surface area contributed by atoms with Gasteiger partial charge in [-0.3, -0.25) is 14.5 Å². The molecule has 1 unspecified atom stereocenters. The highest BCUT2D eigenvalue weighted by Gasteiger charge is 2.27. The highest BCUT2D eigenvalue weighted by molar-refractivity contribution is 5.94. The Morgan fingerprint density at radius 2 is 2.11 bits per heavy atom. The Kier molecular flexibility index (Phi) is 8.68. The molecule has 0 saturated carbocycles. The van der Waals surface area contributed by atoms with E-state index in [-0.39, 0.29) is 23.9 Å². The van der Waals surface area contributed by atoms with Crippen LogP contribution in [0.15, 0.2) is 24.7 Å². The molecule has 1 aromatic carbocycles. The second kappa shape index (κ2) is 11.9. The van der Waals surface area contributed by atoms with Gasteiger partial charge in [0.1, 0.15) is 11.6 Å². The maximum atomic E-state index is 14.3. The zero-order valence-electron chi connectivity index (χ0n) is 21.0. The van der Waals surface area contributed by atoms with Crippen molar-refractivity contribution in [1.29, 1.82) is 0 Å². The number of imidazole rings is 1. The number of benzene rings is 1. The summed E-state index contributed by atoms with van der Waals surface area (Å²) >= 11 is 0. The first-order valence-corrected chi connectivity index (χ1v) is 12.9. The topological polar surface area (TPSA) is 91.3 Å². The van der Waals surface area contributed by atoms with Crippen molar-refractivity contribution in [3.8, 4) is 0 Å². The number of rotatable bonds is 9. The van der Waals surface area contributed by atoms with Gasteiger partial charge in [-0.2, -0.15) is 0 Å². The fraction of sp³-hybridized carbons (Fsp3) is 0.577. The number of nitrogens with zero attached hydrogens (tertiary/aromatic N) is 3. The monoisotopic (exact) mass is 502 g/mol. The highest BCUT2D eigenvalue weighted by atomic mass is 19.1. The third-order valence-electron chi connectivity index (χ3n) is 7.09. The fourth-order valence-corrected chi connectivity index (χ4v) is 5.11. The molecule has 0 bridgehead atoms. The molecule has 1 saturated heterocycles. The van der Waals surface area contributed by atoms with Gasteiger partial charge in [0.2, 0.25) is 11.8 Å². The van der Waals surface area contributed by atoms with Crippen LogP contribution in [-0.2, 0) is 22.4 Å². The summed E-state index contributed by atoms with van der Waals surface area (Å²) in [5.74, 6) is -0.663. The van der Waals surface area contributed by atoms with Gasteiger partial charge in [-0.05, 0) is 49.8 Å². The van der Waals surface area contributed by atoms with Crippen molar-refractivity contribution >= 4 is 17.6 Å². The van der Waals surface area contributed by atoms with Crippen LogP contribution in [0.3, 0.4) is 0 Å². The zero-order chi connectivity index (χ0) is 25.7. The molecule has 1 aliphatic heterocycles. The number of carbonyl (C=O) groups is 2. The van der Waals surface area contributed by atoms with Crippen molar-refractivity contribution in [3.63, 3.8) is 0 Å². The van der Waals surface area contributed by atoms with E-state index in [9.17, 15) is 18.4 Å². The molecule has 2 amide bonds. The van der Waals surface area contributed by atoms with Crippen LogP contribution < -0.4 is 16.0 Å². The van der Waals surface area contributed by atoms with E-state index in [0.717, 1.165) is 32.1 Å². The van der Waals surface area contributed by atoms with E-state index in [1.165, 1.54) is 6.07 Å². The van der Waals surface area contributed by atoms with Crippen LogP contribution in [0, 0.1) is 11.6 Å². The minimum atomic E-state index is -0.548. The normalized spacial score (nSPS) is 20.2. The lowest BCUT2D eigenvalue weighted by Gasteiger charge is -2.29. The van der Waals surface area contributed by atoms with Crippen molar-refractivity contribution in [2.24, 2.45) is 0 Å². The summed E-state index contributed by atoms with van der Waals surface area (Å²) in [6.07, 6.45) is 7.21. The van der Waals surface area contributed by atoms with Gasteiger partial charge < -0.3 is 20.5 Å². The van der Waals surface area contributed by atoms with Crippen LogP contribution in [-0.4, -0.2) is 64.5 Å². The molecule has 1 fully saturated rings. The summed E-state index contributed by atoms with van der Waals surface area (Å²) in [6.45, 7) is 7.07. The molecular formula is C26H36F2N6O2. The van der Waals surface area contributed by atoms with Crippen molar-refractivity contribution in [2.75, 3.05) is 31.5 Å². The number of fused-ring (bicyclic) bond motifs is 1. The Labute approximate surface area is 210 Å². The maximum Gasteiger partial charge on any atom is 0.242 e. The predicted molar refractivity (Wildman–Crippen MR) is 134 cm³/mol. The molecule has 1 aliphatic carbocycles. The number of amides is 2. The first-order valence-electron chi connectivity index (χ1n) is 12.9. The molecule has 4 rings (SSSR count). The van der Waals surface area contributed by atoms with E-state index in [4.69, 9.17) is 0 Å². The van der Waals surface area contributed by atoms with Gasteiger partial charge in [0.15, 0.2) is 5.82 Å². The van der Waals surface area contributed by atoms with Gasteiger partial charge in [-0.25, -0.2) is 13.8 Å². The Balaban J connectivity index is 1.33. The summed E-state index contributed by atoms with van der Waals surface area (Å²) in [7, 11) is 0. The molecule has 10 heteroatoms. The lowest BCUT2D eigenvalue weighted by atomic mass is 9.87.